The van der Waals surface area contributed by atoms with Crippen LogP contribution in [0.5, 0.6) is 5.75 Å². The van der Waals surface area contributed by atoms with E-state index in [1.807, 2.05) is 0 Å². The Kier molecular flexibility index (Phi) is 4.62. The summed E-state index contributed by atoms with van der Waals surface area (Å²) in [5.74, 6) is -7.90. The molecule has 10 nitrogen and oxygen atoms in total. The lowest BCUT2D eigenvalue weighted by Gasteiger charge is -2.50. The number of aromatic hydroxyl groups is 1. The van der Waals surface area contributed by atoms with Gasteiger partial charge in [-0.2, -0.15) is 0 Å². The topological polar surface area (TPSA) is 182 Å². The van der Waals surface area contributed by atoms with Gasteiger partial charge in [-0.1, -0.05) is 11.6 Å². The Bertz CT molecular complexity index is 1130. The summed E-state index contributed by atoms with van der Waals surface area (Å²) < 4.78 is 0. The van der Waals surface area contributed by atoms with Crippen molar-refractivity contribution in [1.29, 1.82) is 0 Å². The highest BCUT2D eigenvalue weighted by Gasteiger charge is 2.78. The number of nitrogens with two attached hydrogens (primary N) is 1. The van der Waals surface area contributed by atoms with E-state index in [-0.39, 0.29) is 22.6 Å². The number of halogens is 1. The molecule has 2 saturated carbocycles. The fourth-order valence-corrected chi connectivity index (χ4v) is 6.09. The summed E-state index contributed by atoms with van der Waals surface area (Å²) in [6.45, 7) is 1.33. The van der Waals surface area contributed by atoms with Gasteiger partial charge in [-0.05, 0) is 39.6 Å². The number of aliphatic hydroxyl groups is 4. The van der Waals surface area contributed by atoms with E-state index >= 15 is 0 Å². The molecule has 1 aromatic carbocycles. The van der Waals surface area contributed by atoms with Crippen LogP contribution in [0.3, 0.4) is 0 Å². The molecule has 3 unspecified atom stereocenters. The number of rotatable bonds is 2. The van der Waals surface area contributed by atoms with Gasteiger partial charge in [-0.25, -0.2) is 0 Å². The molecule has 0 bridgehead atoms. The number of hydrogen-bond acceptors (Lipinski definition) is 9. The van der Waals surface area contributed by atoms with Crippen molar-refractivity contribution in [2.45, 2.75) is 36.2 Å². The average molecular weight is 467 g/mol. The number of carbonyl (C=O) groups excluding carboxylic acids is 3. The van der Waals surface area contributed by atoms with Crippen LogP contribution in [-0.2, 0) is 20.0 Å². The van der Waals surface area contributed by atoms with Crippen molar-refractivity contribution in [3.8, 4) is 5.75 Å². The molecule has 1 aromatic rings. The average Bonchev–Trinajstić information content (AvgIpc) is 2.87. The van der Waals surface area contributed by atoms with Crippen molar-refractivity contribution in [1.82, 2.24) is 4.90 Å². The largest absolute Gasteiger partial charge is 0.507 e. The van der Waals surface area contributed by atoms with Crippen LogP contribution in [0, 0.1) is 11.8 Å². The van der Waals surface area contributed by atoms with Gasteiger partial charge in [0.2, 0.25) is 5.60 Å². The Balaban J connectivity index is 2.07. The molecule has 0 aliphatic heterocycles. The molecule has 3 aliphatic carbocycles. The molecule has 6 atom stereocenters. The second-order valence-electron chi connectivity index (χ2n) is 9.06. The third-order valence-corrected chi connectivity index (χ3v) is 7.56. The molecular weight excluding hydrogens is 444 g/mol. The summed E-state index contributed by atoms with van der Waals surface area (Å²) in [7, 11) is 2.93. The quantitative estimate of drug-likeness (QED) is 0.304. The minimum absolute atomic E-state index is 0.0157. The number of phenols is 1. The number of likely N-dealkylation sites (N-methyl/N-ethyl adjacent to an activating group) is 1. The monoisotopic (exact) mass is 466 g/mol. The van der Waals surface area contributed by atoms with Crippen molar-refractivity contribution in [2.24, 2.45) is 17.6 Å². The summed E-state index contributed by atoms with van der Waals surface area (Å²) in [5.41, 5.74) is -3.77. The zero-order valence-electron chi connectivity index (χ0n) is 17.5. The Labute approximate surface area is 187 Å². The molecular formula is C21H23ClN2O8. The molecule has 0 spiro atoms. The molecule has 7 N–H and O–H groups in total. The molecule has 0 aromatic heterocycles. The lowest BCUT2D eigenvalue weighted by molar-refractivity contribution is -0.188. The van der Waals surface area contributed by atoms with Gasteiger partial charge < -0.3 is 31.3 Å². The van der Waals surface area contributed by atoms with E-state index in [1.165, 1.54) is 32.0 Å². The van der Waals surface area contributed by atoms with Gasteiger partial charge in [0.25, 0.3) is 5.91 Å². The van der Waals surface area contributed by atoms with Crippen molar-refractivity contribution in [3.63, 3.8) is 0 Å². The van der Waals surface area contributed by atoms with E-state index in [0.29, 0.717) is 0 Å². The molecule has 32 heavy (non-hydrogen) atoms. The molecule has 0 heterocycles. The van der Waals surface area contributed by atoms with Gasteiger partial charge in [0.15, 0.2) is 17.2 Å². The normalized spacial score (nSPS) is 38.6. The Hall–Kier alpha value is -2.50. The van der Waals surface area contributed by atoms with Crippen molar-refractivity contribution < 1.29 is 39.9 Å². The van der Waals surface area contributed by atoms with Crippen molar-refractivity contribution in [2.75, 3.05) is 14.1 Å². The second-order valence-corrected chi connectivity index (χ2v) is 9.47. The first-order valence-corrected chi connectivity index (χ1v) is 10.2. The number of nitrogens with zero attached hydrogens (tertiary/aromatic N) is 1. The van der Waals surface area contributed by atoms with E-state index in [4.69, 9.17) is 17.3 Å². The first-order chi connectivity index (χ1) is 14.6. The minimum atomic E-state index is -3.26. The lowest BCUT2D eigenvalue weighted by atomic mass is 9.57. The first-order valence-electron chi connectivity index (χ1n) is 9.83. The van der Waals surface area contributed by atoms with E-state index in [1.54, 1.807) is 0 Å². The number of primary amides is 1. The molecule has 3 aliphatic rings. The maximum atomic E-state index is 13.7. The third-order valence-electron chi connectivity index (χ3n) is 7.25. The van der Waals surface area contributed by atoms with Gasteiger partial charge >= 0.3 is 0 Å². The molecule has 2 fully saturated rings. The fourth-order valence-electron chi connectivity index (χ4n) is 5.75. The van der Waals surface area contributed by atoms with Crippen LogP contribution in [0.25, 0.3) is 5.76 Å². The zero-order chi connectivity index (χ0) is 24.1. The number of amides is 1. The van der Waals surface area contributed by atoms with Crippen LogP contribution in [0.2, 0.25) is 5.02 Å². The van der Waals surface area contributed by atoms with Crippen molar-refractivity contribution in [3.05, 3.63) is 33.9 Å². The second kappa shape index (κ2) is 6.52. The number of carbonyl (C=O) groups is 3. The van der Waals surface area contributed by atoms with Crippen LogP contribution in [0.15, 0.2) is 17.7 Å². The molecule has 172 valence electrons. The van der Waals surface area contributed by atoms with E-state index in [0.717, 1.165) is 6.07 Å². The number of phenolic OH excluding ortho intramolecular Hbond substituents is 1. The number of fused-ring (bicyclic) bond motifs is 3. The van der Waals surface area contributed by atoms with Crippen molar-refractivity contribution >= 4 is 34.8 Å². The predicted molar refractivity (Wildman–Crippen MR) is 110 cm³/mol. The van der Waals surface area contributed by atoms with Crippen LogP contribution in [-0.4, -0.2) is 79.2 Å². The standard InChI is InChI=1S/C21H23ClN2O8/c1-19(30)7-6-8-14(24(2)3)17(28)21(32,18(23)29)20(8,31)16(27)11(7)15(26)12-10(25)5-4-9(22)13(12)19/h4-5,7-8,14,25-26,30-32H,6H2,1-3H3,(H2,23,29)/t7-,8?,14-,19-,20?,21?/m0/s1. The number of benzene rings is 1. The van der Waals surface area contributed by atoms with Gasteiger partial charge in [-0.3, -0.25) is 19.3 Å². The lowest BCUT2D eigenvalue weighted by Crippen LogP contribution is -2.70. The van der Waals surface area contributed by atoms with E-state index in [9.17, 15) is 39.9 Å². The van der Waals surface area contributed by atoms with Crippen LogP contribution in [0.4, 0.5) is 0 Å². The Morgan fingerprint density at radius 2 is 1.78 bits per heavy atom. The number of ketones is 2. The van der Waals surface area contributed by atoms with Crippen LogP contribution < -0.4 is 5.73 Å². The highest BCUT2D eigenvalue weighted by molar-refractivity contribution is 6.32. The maximum Gasteiger partial charge on any atom is 0.260 e. The van der Waals surface area contributed by atoms with E-state index in [2.05, 4.69) is 0 Å². The molecule has 0 radical (unpaired) electrons. The molecule has 0 saturated heterocycles. The summed E-state index contributed by atoms with van der Waals surface area (Å²) in [6, 6.07) is 1.18. The highest BCUT2D eigenvalue weighted by atomic mass is 35.5. The summed E-state index contributed by atoms with van der Waals surface area (Å²) in [4.78, 5) is 40.3. The smallest absolute Gasteiger partial charge is 0.260 e. The molecule has 1 amide bonds. The first kappa shape index (κ1) is 22.7. The van der Waals surface area contributed by atoms with Gasteiger partial charge in [0.1, 0.15) is 11.5 Å². The number of Topliss-reactive ketones (excluding diaryl/α,β-unsaturated/α-hetero) is 2. The minimum Gasteiger partial charge on any atom is -0.507 e. The predicted octanol–water partition coefficient (Wildman–Crippen LogP) is -0.799. The van der Waals surface area contributed by atoms with Gasteiger partial charge in [0.05, 0.1) is 17.2 Å². The van der Waals surface area contributed by atoms with Crippen LogP contribution in [0.1, 0.15) is 24.5 Å². The van der Waals surface area contributed by atoms with Gasteiger partial charge in [-0.15, -0.1) is 0 Å². The van der Waals surface area contributed by atoms with E-state index < -0.39 is 69.2 Å². The Morgan fingerprint density at radius 1 is 1.19 bits per heavy atom. The summed E-state index contributed by atoms with van der Waals surface area (Å²) in [6.07, 6.45) is -0.287. The van der Waals surface area contributed by atoms with Gasteiger partial charge in [0, 0.05) is 28.0 Å². The SMILES string of the molecule is CN(C)[C@@H]1C(=O)C(O)(C(N)=O)C2(O)C(=O)C3=C(O)c4c(O)ccc(Cl)c4[C@@](C)(O)[C@H]3CC12. The summed E-state index contributed by atoms with van der Waals surface area (Å²) in [5, 5.41) is 55.3. The maximum absolute atomic E-state index is 13.7. The third kappa shape index (κ3) is 2.31. The number of aliphatic hydroxyl groups excluding tert-OH is 1. The molecule has 4 rings (SSSR count). The highest BCUT2D eigenvalue weighted by Crippen LogP contribution is 2.60. The fraction of sp³-hybridized carbons (Fsp3) is 0.476. The number of hydrogen-bond donors (Lipinski definition) is 6. The zero-order valence-corrected chi connectivity index (χ0v) is 18.2. The van der Waals surface area contributed by atoms with Crippen LogP contribution >= 0.6 is 11.6 Å². The molecule has 11 heteroatoms. The summed E-state index contributed by atoms with van der Waals surface area (Å²) >= 11 is 6.26. The Morgan fingerprint density at radius 3 is 2.31 bits per heavy atom.